The van der Waals surface area contributed by atoms with Crippen molar-refractivity contribution in [1.29, 1.82) is 0 Å². The van der Waals surface area contributed by atoms with Crippen molar-refractivity contribution in [2.75, 3.05) is 0 Å². The smallest absolute Gasteiger partial charge is 0.223 e. The van der Waals surface area contributed by atoms with Crippen LogP contribution >= 0.6 is 0 Å². The summed E-state index contributed by atoms with van der Waals surface area (Å²) in [7, 11) is 0. The molecule has 4 atom stereocenters. The van der Waals surface area contributed by atoms with Crippen LogP contribution in [0.5, 0.6) is 0 Å². The minimum Gasteiger partial charge on any atom is -0.352 e. The number of fused-ring (bicyclic) bond motifs is 5. The fraction of sp³-hybridized carbons (Fsp3) is 0.588. The minimum atomic E-state index is 0.287. The molecule has 20 heavy (non-hydrogen) atoms. The van der Waals surface area contributed by atoms with Crippen LogP contribution in [0.2, 0.25) is 0 Å². The van der Waals surface area contributed by atoms with Crippen molar-refractivity contribution >= 4 is 5.91 Å². The van der Waals surface area contributed by atoms with Gasteiger partial charge in [-0.25, -0.2) is 0 Å². The maximum absolute atomic E-state index is 12.3. The molecular formula is C17H22N2O. The fourth-order valence-electron chi connectivity index (χ4n) is 4.85. The number of rotatable bonds is 4. The molecule has 0 saturated heterocycles. The number of carbonyl (C=O) groups excluding carboxylic acids is 1. The summed E-state index contributed by atoms with van der Waals surface area (Å²) in [6.45, 7) is 1.19. The maximum atomic E-state index is 12.3. The van der Waals surface area contributed by atoms with Crippen LogP contribution in [0, 0.1) is 29.6 Å². The summed E-state index contributed by atoms with van der Waals surface area (Å²) < 4.78 is 0. The molecule has 0 heterocycles. The summed E-state index contributed by atoms with van der Waals surface area (Å²) in [5, 5.41) is 3.13. The third-order valence-corrected chi connectivity index (χ3v) is 5.73. The Morgan fingerprint density at radius 3 is 2.60 bits per heavy atom. The Morgan fingerprint density at radius 2 is 1.90 bits per heavy atom. The average molecular weight is 270 g/mol. The van der Waals surface area contributed by atoms with Crippen molar-refractivity contribution in [2.45, 2.75) is 32.4 Å². The highest BCUT2D eigenvalue weighted by molar-refractivity contribution is 5.82. The van der Waals surface area contributed by atoms with E-state index in [1.54, 1.807) is 0 Å². The van der Waals surface area contributed by atoms with E-state index in [4.69, 9.17) is 5.73 Å². The van der Waals surface area contributed by atoms with Gasteiger partial charge in [-0.05, 0) is 54.1 Å². The predicted molar refractivity (Wildman–Crippen MR) is 77.5 cm³/mol. The third-order valence-electron chi connectivity index (χ3n) is 5.73. The molecule has 3 N–H and O–H groups in total. The molecule has 1 amide bonds. The number of nitrogens with one attached hydrogen (secondary N) is 1. The van der Waals surface area contributed by atoms with E-state index < -0.39 is 0 Å². The van der Waals surface area contributed by atoms with Crippen LogP contribution in [-0.2, 0) is 17.9 Å². The van der Waals surface area contributed by atoms with Gasteiger partial charge >= 0.3 is 0 Å². The highest BCUT2D eigenvalue weighted by Gasteiger charge is 2.67. The molecule has 3 aliphatic rings. The van der Waals surface area contributed by atoms with Crippen molar-refractivity contribution in [3.8, 4) is 0 Å². The third kappa shape index (κ3) is 1.87. The van der Waals surface area contributed by atoms with Crippen molar-refractivity contribution in [2.24, 2.45) is 35.3 Å². The molecule has 1 aromatic carbocycles. The molecule has 3 aliphatic carbocycles. The van der Waals surface area contributed by atoms with Gasteiger partial charge in [0.15, 0.2) is 0 Å². The summed E-state index contributed by atoms with van der Waals surface area (Å²) in [5.41, 5.74) is 7.92. The first-order chi connectivity index (χ1) is 9.78. The van der Waals surface area contributed by atoms with Gasteiger partial charge in [0.25, 0.3) is 0 Å². The topological polar surface area (TPSA) is 55.1 Å². The summed E-state index contributed by atoms with van der Waals surface area (Å²) in [4.78, 5) is 12.3. The lowest BCUT2D eigenvalue weighted by molar-refractivity contribution is -0.123. The largest absolute Gasteiger partial charge is 0.352 e. The minimum absolute atomic E-state index is 0.287. The lowest BCUT2D eigenvalue weighted by Gasteiger charge is -2.10. The van der Waals surface area contributed by atoms with Gasteiger partial charge in [-0.1, -0.05) is 24.3 Å². The fourth-order valence-corrected chi connectivity index (χ4v) is 4.85. The Bertz CT molecular complexity index is 526. The Hall–Kier alpha value is -1.35. The van der Waals surface area contributed by atoms with Crippen LogP contribution in [-0.4, -0.2) is 5.91 Å². The molecule has 3 nitrogen and oxygen atoms in total. The molecule has 1 aromatic rings. The number of carbonyl (C=O) groups is 1. The highest BCUT2D eigenvalue weighted by Crippen LogP contribution is 2.69. The van der Waals surface area contributed by atoms with Gasteiger partial charge < -0.3 is 11.1 Å². The summed E-state index contributed by atoms with van der Waals surface area (Å²) in [5.74, 6) is 3.80. The summed E-state index contributed by atoms with van der Waals surface area (Å²) in [6.07, 6.45) is 4.14. The molecule has 0 aromatic heterocycles. The molecule has 0 spiro atoms. The zero-order valence-electron chi connectivity index (χ0n) is 11.7. The van der Waals surface area contributed by atoms with Crippen molar-refractivity contribution in [1.82, 2.24) is 5.32 Å². The Morgan fingerprint density at radius 1 is 1.20 bits per heavy atom. The molecule has 2 bridgehead atoms. The molecule has 106 valence electrons. The van der Waals surface area contributed by atoms with E-state index in [2.05, 4.69) is 17.4 Å². The summed E-state index contributed by atoms with van der Waals surface area (Å²) in [6, 6.07) is 8.17. The van der Waals surface area contributed by atoms with E-state index in [0.717, 1.165) is 34.8 Å². The van der Waals surface area contributed by atoms with Gasteiger partial charge in [0.1, 0.15) is 0 Å². The van der Waals surface area contributed by atoms with Crippen LogP contribution in [0.3, 0.4) is 0 Å². The van der Waals surface area contributed by atoms with Gasteiger partial charge in [0.05, 0.1) is 0 Å². The Balaban J connectivity index is 1.35. The highest BCUT2D eigenvalue weighted by atomic mass is 16.2. The first-order valence-corrected chi connectivity index (χ1v) is 7.83. The monoisotopic (exact) mass is 270 g/mol. The van der Waals surface area contributed by atoms with Crippen LogP contribution in [0.15, 0.2) is 24.3 Å². The summed E-state index contributed by atoms with van der Waals surface area (Å²) >= 11 is 0. The molecule has 3 saturated carbocycles. The lowest BCUT2D eigenvalue weighted by atomic mass is 10.0. The van der Waals surface area contributed by atoms with E-state index in [9.17, 15) is 4.79 Å². The normalized spacial score (nSPS) is 36.8. The molecule has 0 aliphatic heterocycles. The molecule has 3 fully saturated rings. The average Bonchev–Trinajstić information content (AvgIpc) is 2.93. The molecule has 0 radical (unpaired) electrons. The number of hydrogen-bond donors (Lipinski definition) is 2. The standard InChI is InChI=1S/C17H22N2O/c18-8-10-2-1-3-11(6-10)9-19-17(20)16-14-12-4-5-13(7-12)15(14)16/h1-3,6,12-16H,4-5,7-9,18H2,(H,19,20). The zero-order valence-corrected chi connectivity index (χ0v) is 11.7. The van der Waals surface area contributed by atoms with E-state index in [-0.39, 0.29) is 5.91 Å². The maximum Gasteiger partial charge on any atom is 0.223 e. The number of amides is 1. The second-order valence-corrected chi connectivity index (χ2v) is 6.76. The Labute approximate surface area is 119 Å². The second kappa shape index (κ2) is 4.59. The van der Waals surface area contributed by atoms with Crippen molar-refractivity contribution in [3.05, 3.63) is 35.4 Å². The van der Waals surface area contributed by atoms with E-state index in [1.807, 2.05) is 12.1 Å². The van der Waals surface area contributed by atoms with E-state index >= 15 is 0 Å². The van der Waals surface area contributed by atoms with Gasteiger partial charge in [0, 0.05) is 19.0 Å². The molecule has 4 rings (SSSR count). The first-order valence-electron chi connectivity index (χ1n) is 7.83. The lowest BCUT2D eigenvalue weighted by Crippen LogP contribution is -2.27. The second-order valence-electron chi connectivity index (χ2n) is 6.76. The van der Waals surface area contributed by atoms with Crippen molar-refractivity contribution < 1.29 is 4.79 Å². The van der Waals surface area contributed by atoms with Gasteiger partial charge in [0.2, 0.25) is 5.91 Å². The van der Waals surface area contributed by atoms with Crippen molar-refractivity contribution in [3.63, 3.8) is 0 Å². The van der Waals surface area contributed by atoms with Gasteiger partial charge in [-0.3, -0.25) is 4.79 Å². The van der Waals surface area contributed by atoms with Crippen LogP contribution < -0.4 is 11.1 Å². The number of hydrogen-bond acceptors (Lipinski definition) is 2. The molecular weight excluding hydrogens is 248 g/mol. The van der Waals surface area contributed by atoms with Gasteiger partial charge in [-0.15, -0.1) is 0 Å². The molecule has 3 heteroatoms. The Kier molecular flexibility index (Phi) is 2.84. The first kappa shape index (κ1) is 12.4. The van der Waals surface area contributed by atoms with E-state index in [0.29, 0.717) is 19.0 Å². The van der Waals surface area contributed by atoms with Crippen LogP contribution in [0.25, 0.3) is 0 Å². The zero-order chi connectivity index (χ0) is 13.7. The predicted octanol–water partition coefficient (Wildman–Crippen LogP) is 2.05. The quantitative estimate of drug-likeness (QED) is 0.880. The number of benzene rings is 1. The SMILES string of the molecule is NCc1cccc(CNC(=O)C2C3C4CCC(C4)C23)c1. The number of nitrogens with two attached hydrogens (primary N) is 1. The van der Waals surface area contributed by atoms with Gasteiger partial charge in [-0.2, -0.15) is 0 Å². The van der Waals surface area contributed by atoms with Crippen LogP contribution in [0.1, 0.15) is 30.4 Å². The van der Waals surface area contributed by atoms with Crippen LogP contribution in [0.4, 0.5) is 0 Å². The molecule has 4 unspecified atom stereocenters. The van der Waals surface area contributed by atoms with E-state index in [1.165, 1.54) is 19.3 Å².